The van der Waals surface area contributed by atoms with Gasteiger partial charge >= 0.3 is 5.97 Å². The zero-order chi connectivity index (χ0) is 11.3. The first-order valence-electron chi connectivity index (χ1n) is 4.67. The molecule has 0 bridgehead atoms. The van der Waals surface area contributed by atoms with Crippen molar-refractivity contribution in [3.8, 4) is 0 Å². The number of nitrogens with one attached hydrogen (secondary N) is 1. The van der Waals surface area contributed by atoms with E-state index in [0.29, 0.717) is 24.3 Å². The number of carbonyl (C=O) groups excluding carboxylic acids is 2. The molecule has 0 spiro atoms. The van der Waals surface area contributed by atoms with Crippen LogP contribution in [0.15, 0.2) is 18.2 Å². The maximum absolute atomic E-state index is 11.4. The molecule has 1 amide bonds. The predicted molar refractivity (Wildman–Crippen MR) is 56.8 cm³/mol. The van der Waals surface area contributed by atoms with E-state index in [1.165, 1.54) is 0 Å². The van der Waals surface area contributed by atoms with E-state index in [2.05, 4.69) is 5.32 Å². The molecular formula is C11H13NO3. The van der Waals surface area contributed by atoms with E-state index < -0.39 is 0 Å². The van der Waals surface area contributed by atoms with E-state index in [1.54, 1.807) is 25.1 Å². The predicted octanol–water partition coefficient (Wildman–Crippen LogP) is 1.74. The van der Waals surface area contributed by atoms with Gasteiger partial charge in [0.2, 0.25) is 6.41 Å². The average molecular weight is 207 g/mol. The Balaban J connectivity index is 2.96. The van der Waals surface area contributed by atoms with Crippen LogP contribution >= 0.6 is 0 Å². The quantitative estimate of drug-likeness (QED) is 0.604. The maximum Gasteiger partial charge on any atom is 0.338 e. The van der Waals surface area contributed by atoms with Crippen LogP contribution in [-0.2, 0) is 9.53 Å². The first kappa shape index (κ1) is 11.2. The van der Waals surface area contributed by atoms with Gasteiger partial charge in [0.15, 0.2) is 0 Å². The van der Waals surface area contributed by atoms with Gasteiger partial charge in [0.1, 0.15) is 0 Å². The molecule has 4 nitrogen and oxygen atoms in total. The second kappa shape index (κ2) is 5.14. The minimum absolute atomic E-state index is 0.336. The molecule has 80 valence electrons. The third-order valence-electron chi connectivity index (χ3n) is 1.96. The summed E-state index contributed by atoms with van der Waals surface area (Å²) in [6.45, 7) is 3.93. The van der Waals surface area contributed by atoms with Crippen molar-refractivity contribution in [3.05, 3.63) is 29.3 Å². The van der Waals surface area contributed by atoms with Crippen LogP contribution in [0.2, 0.25) is 0 Å². The summed E-state index contributed by atoms with van der Waals surface area (Å²) in [5.41, 5.74) is 1.96. The molecule has 0 radical (unpaired) electrons. The molecule has 0 aliphatic heterocycles. The summed E-state index contributed by atoms with van der Waals surface area (Å²) < 4.78 is 4.85. The Hall–Kier alpha value is -1.84. The van der Waals surface area contributed by atoms with Crippen LogP contribution < -0.4 is 5.32 Å². The van der Waals surface area contributed by atoms with Crippen molar-refractivity contribution in [1.29, 1.82) is 0 Å². The third kappa shape index (κ3) is 2.80. The van der Waals surface area contributed by atoms with Gasteiger partial charge in [0.05, 0.1) is 12.2 Å². The monoisotopic (exact) mass is 207 g/mol. The fourth-order valence-corrected chi connectivity index (χ4v) is 1.18. The van der Waals surface area contributed by atoms with Crippen LogP contribution in [-0.4, -0.2) is 19.0 Å². The summed E-state index contributed by atoms with van der Waals surface area (Å²) in [7, 11) is 0. The van der Waals surface area contributed by atoms with Gasteiger partial charge in [0, 0.05) is 5.69 Å². The number of hydrogen-bond acceptors (Lipinski definition) is 3. The first-order chi connectivity index (χ1) is 7.19. The van der Waals surface area contributed by atoms with E-state index in [1.807, 2.05) is 6.92 Å². The number of esters is 1. The number of aryl methyl sites for hydroxylation is 1. The molecule has 1 aromatic carbocycles. The number of hydrogen-bond donors (Lipinski definition) is 1. The second-order valence-corrected chi connectivity index (χ2v) is 3.01. The molecular weight excluding hydrogens is 194 g/mol. The second-order valence-electron chi connectivity index (χ2n) is 3.01. The SMILES string of the molecule is CCOC(=O)c1ccc(C)c(NC=O)c1. The largest absolute Gasteiger partial charge is 0.462 e. The fourth-order valence-electron chi connectivity index (χ4n) is 1.18. The molecule has 15 heavy (non-hydrogen) atoms. The molecule has 0 saturated carbocycles. The van der Waals surface area contributed by atoms with Gasteiger partial charge in [-0.2, -0.15) is 0 Å². The minimum atomic E-state index is -0.383. The van der Waals surface area contributed by atoms with Crippen LogP contribution in [0, 0.1) is 6.92 Å². The fraction of sp³-hybridized carbons (Fsp3) is 0.273. The Labute approximate surface area is 88.2 Å². The van der Waals surface area contributed by atoms with Gasteiger partial charge in [-0.1, -0.05) is 6.07 Å². The molecule has 0 atom stereocenters. The Morgan fingerprint density at radius 1 is 1.53 bits per heavy atom. The van der Waals surface area contributed by atoms with E-state index in [0.717, 1.165) is 5.56 Å². The van der Waals surface area contributed by atoms with E-state index in [9.17, 15) is 9.59 Å². The molecule has 0 aliphatic rings. The molecule has 0 saturated heterocycles. The number of benzene rings is 1. The average Bonchev–Trinajstić information content (AvgIpc) is 2.22. The smallest absolute Gasteiger partial charge is 0.338 e. The lowest BCUT2D eigenvalue weighted by Gasteiger charge is -2.06. The van der Waals surface area contributed by atoms with Gasteiger partial charge in [-0.15, -0.1) is 0 Å². The van der Waals surface area contributed by atoms with Gasteiger partial charge in [-0.25, -0.2) is 4.79 Å². The number of carbonyl (C=O) groups is 2. The summed E-state index contributed by atoms with van der Waals surface area (Å²) in [4.78, 5) is 21.7. The summed E-state index contributed by atoms with van der Waals surface area (Å²) in [5.74, 6) is -0.383. The van der Waals surface area contributed by atoms with Crippen LogP contribution in [0.4, 0.5) is 5.69 Å². The van der Waals surface area contributed by atoms with E-state index >= 15 is 0 Å². The molecule has 1 N–H and O–H groups in total. The van der Waals surface area contributed by atoms with Crippen molar-refractivity contribution in [2.45, 2.75) is 13.8 Å². The van der Waals surface area contributed by atoms with Crippen molar-refractivity contribution in [2.75, 3.05) is 11.9 Å². The summed E-state index contributed by atoms with van der Waals surface area (Å²) in [6.07, 6.45) is 0.581. The molecule has 0 heterocycles. The lowest BCUT2D eigenvalue weighted by atomic mass is 10.1. The minimum Gasteiger partial charge on any atom is -0.462 e. The number of anilines is 1. The zero-order valence-corrected chi connectivity index (χ0v) is 8.74. The highest BCUT2D eigenvalue weighted by atomic mass is 16.5. The number of amides is 1. The molecule has 0 fully saturated rings. The lowest BCUT2D eigenvalue weighted by molar-refractivity contribution is -0.105. The highest BCUT2D eigenvalue weighted by Crippen LogP contribution is 2.16. The van der Waals surface area contributed by atoms with Crippen molar-refractivity contribution in [1.82, 2.24) is 0 Å². The van der Waals surface area contributed by atoms with Crippen LogP contribution in [0.1, 0.15) is 22.8 Å². The maximum atomic E-state index is 11.4. The van der Waals surface area contributed by atoms with Crippen LogP contribution in [0.3, 0.4) is 0 Å². The standard InChI is InChI=1S/C11H13NO3/c1-3-15-11(14)9-5-4-8(2)10(6-9)12-7-13/h4-7H,3H2,1-2H3,(H,12,13). The highest BCUT2D eigenvalue weighted by molar-refractivity contribution is 5.91. The van der Waals surface area contributed by atoms with Gasteiger partial charge in [-0.05, 0) is 31.5 Å². The van der Waals surface area contributed by atoms with Crippen molar-refractivity contribution in [3.63, 3.8) is 0 Å². The van der Waals surface area contributed by atoms with Gasteiger partial charge in [-0.3, -0.25) is 4.79 Å². The molecule has 0 aliphatic carbocycles. The van der Waals surface area contributed by atoms with Crippen molar-refractivity contribution in [2.24, 2.45) is 0 Å². The zero-order valence-electron chi connectivity index (χ0n) is 8.74. The lowest BCUT2D eigenvalue weighted by Crippen LogP contribution is -2.06. The van der Waals surface area contributed by atoms with Crippen molar-refractivity contribution < 1.29 is 14.3 Å². The van der Waals surface area contributed by atoms with E-state index in [-0.39, 0.29) is 5.97 Å². The van der Waals surface area contributed by atoms with Gasteiger partial charge in [0.25, 0.3) is 0 Å². The molecule has 1 aromatic rings. The topological polar surface area (TPSA) is 55.4 Å². The summed E-state index contributed by atoms with van der Waals surface area (Å²) in [6, 6.07) is 5.03. The summed E-state index contributed by atoms with van der Waals surface area (Å²) >= 11 is 0. The molecule has 0 aromatic heterocycles. The Morgan fingerprint density at radius 2 is 2.27 bits per heavy atom. The van der Waals surface area contributed by atoms with Crippen molar-refractivity contribution >= 4 is 18.1 Å². The Kier molecular flexibility index (Phi) is 3.85. The molecule has 4 heteroatoms. The Bertz CT molecular complexity index is 374. The van der Waals surface area contributed by atoms with Gasteiger partial charge < -0.3 is 10.1 Å². The van der Waals surface area contributed by atoms with Crippen LogP contribution in [0.5, 0.6) is 0 Å². The number of ether oxygens (including phenoxy) is 1. The van der Waals surface area contributed by atoms with E-state index in [4.69, 9.17) is 4.74 Å². The molecule has 1 rings (SSSR count). The number of rotatable bonds is 4. The Morgan fingerprint density at radius 3 is 2.87 bits per heavy atom. The third-order valence-corrected chi connectivity index (χ3v) is 1.96. The normalized spacial score (nSPS) is 9.47. The first-order valence-corrected chi connectivity index (χ1v) is 4.67. The van der Waals surface area contributed by atoms with Crippen LogP contribution in [0.25, 0.3) is 0 Å². The summed E-state index contributed by atoms with van der Waals surface area (Å²) in [5, 5.41) is 2.52. The molecule has 0 unspecified atom stereocenters. The highest BCUT2D eigenvalue weighted by Gasteiger charge is 2.08.